The first-order chi connectivity index (χ1) is 14.7. The largest absolute Gasteiger partial charge is 0.495 e. The van der Waals surface area contributed by atoms with E-state index in [1.807, 2.05) is 0 Å². The molecular formula is C21H23ClN2O6S. The number of hydrogen-bond acceptors (Lipinski definition) is 6. The molecule has 1 saturated heterocycles. The van der Waals surface area contributed by atoms with E-state index in [1.165, 1.54) is 35.7 Å². The number of ether oxygens (including phenoxy) is 2. The third-order valence-corrected chi connectivity index (χ3v) is 7.16. The monoisotopic (exact) mass is 466 g/mol. The van der Waals surface area contributed by atoms with Crippen LogP contribution < -0.4 is 10.1 Å². The van der Waals surface area contributed by atoms with Gasteiger partial charge in [-0.3, -0.25) is 4.79 Å². The van der Waals surface area contributed by atoms with Crippen molar-refractivity contribution in [2.24, 2.45) is 0 Å². The summed E-state index contributed by atoms with van der Waals surface area (Å²) in [7, 11) is -2.22. The van der Waals surface area contributed by atoms with Crippen LogP contribution in [0.15, 0.2) is 41.3 Å². The van der Waals surface area contributed by atoms with Crippen molar-refractivity contribution >= 4 is 39.2 Å². The molecule has 0 spiro atoms. The lowest BCUT2D eigenvalue weighted by Gasteiger charge is -2.16. The summed E-state index contributed by atoms with van der Waals surface area (Å²) in [5, 5.41) is 3.10. The molecule has 0 unspecified atom stereocenters. The molecule has 1 aliphatic rings. The smallest absolute Gasteiger partial charge is 0.338 e. The Labute approximate surface area is 186 Å². The van der Waals surface area contributed by atoms with Gasteiger partial charge in [0.25, 0.3) is 5.91 Å². The van der Waals surface area contributed by atoms with Crippen LogP contribution in [0.3, 0.4) is 0 Å². The number of carbonyl (C=O) groups excluding carboxylic acids is 2. The number of sulfonamides is 1. The molecular weight excluding hydrogens is 444 g/mol. The summed E-state index contributed by atoms with van der Waals surface area (Å²) >= 11 is 6.05. The third-order valence-electron chi connectivity index (χ3n) is 4.86. The van der Waals surface area contributed by atoms with Crippen LogP contribution in [0.5, 0.6) is 5.75 Å². The minimum absolute atomic E-state index is 0.0228. The Bertz CT molecular complexity index is 1100. The quantitative estimate of drug-likeness (QED) is 0.628. The maximum absolute atomic E-state index is 12.7. The molecule has 10 heteroatoms. The SMILES string of the molecule is COc1cc(Cl)c(C)cc1NC(=O)COC(=O)c1cccc(S(=O)(=O)N2CCCC2)c1. The molecule has 0 aliphatic carbocycles. The topological polar surface area (TPSA) is 102 Å². The second-order valence-corrected chi connectivity index (χ2v) is 9.41. The van der Waals surface area contributed by atoms with Gasteiger partial charge in [-0.05, 0) is 49.6 Å². The summed E-state index contributed by atoms with van der Waals surface area (Å²) in [4.78, 5) is 24.6. The molecule has 166 valence electrons. The molecule has 1 N–H and O–H groups in total. The van der Waals surface area contributed by atoms with Gasteiger partial charge in [0.2, 0.25) is 10.0 Å². The first-order valence-corrected chi connectivity index (χ1v) is 11.5. The highest BCUT2D eigenvalue weighted by Gasteiger charge is 2.27. The van der Waals surface area contributed by atoms with Crippen LogP contribution >= 0.6 is 11.6 Å². The third kappa shape index (κ3) is 5.36. The predicted molar refractivity (Wildman–Crippen MR) is 116 cm³/mol. The van der Waals surface area contributed by atoms with Gasteiger partial charge in [-0.25, -0.2) is 13.2 Å². The number of nitrogens with zero attached hydrogens (tertiary/aromatic N) is 1. The Morgan fingerprint density at radius 3 is 2.55 bits per heavy atom. The predicted octanol–water partition coefficient (Wildman–Crippen LogP) is 3.24. The van der Waals surface area contributed by atoms with E-state index in [1.54, 1.807) is 19.1 Å². The normalized spacial score (nSPS) is 14.3. The lowest BCUT2D eigenvalue weighted by molar-refractivity contribution is -0.119. The highest BCUT2D eigenvalue weighted by atomic mass is 35.5. The van der Waals surface area contributed by atoms with Crippen LogP contribution in [0, 0.1) is 6.92 Å². The van der Waals surface area contributed by atoms with E-state index in [9.17, 15) is 18.0 Å². The fraction of sp³-hybridized carbons (Fsp3) is 0.333. The van der Waals surface area contributed by atoms with Gasteiger partial charge in [0.1, 0.15) is 5.75 Å². The maximum atomic E-state index is 12.7. The second-order valence-electron chi connectivity index (χ2n) is 7.07. The van der Waals surface area contributed by atoms with Gasteiger partial charge in [0.05, 0.1) is 23.3 Å². The van der Waals surface area contributed by atoms with Gasteiger partial charge < -0.3 is 14.8 Å². The van der Waals surface area contributed by atoms with Crippen LogP contribution in [0.1, 0.15) is 28.8 Å². The number of nitrogens with one attached hydrogen (secondary N) is 1. The molecule has 0 atom stereocenters. The van der Waals surface area contributed by atoms with Crippen molar-refractivity contribution in [1.82, 2.24) is 4.31 Å². The van der Waals surface area contributed by atoms with Crippen molar-refractivity contribution in [1.29, 1.82) is 0 Å². The number of benzene rings is 2. The number of esters is 1. The molecule has 1 amide bonds. The molecule has 2 aromatic carbocycles. The summed E-state index contributed by atoms with van der Waals surface area (Å²) in [6.07, 6.45) is 1.63. The highest BCUT2D eigenvalue weighted by molar-refractivity contribution is 7.89. The van der Waals surface area contributed by atoms with Crippen LogP contribution in [-0.4, -0.2) is 51.4 Å². The molecule has 1 fully saturated rings. The number of halogens is 1. The van der Waals surface area contributed by atoms with Crippen molar-refractivity contribution in [3.63, 3.8) is 0 Å². The molecule has 0 bridgehead atoms. The lowest BCUT2D eigenvalue weighted by Crippen LogP contribution is -2.28. The minimum atomic E-state index is -3.66. The van der Waals surface area contributed by atoms with Gasteiger partial charge in [-0.1, -0.05) is 17.7 Å². The number of hydrogen-bond donors (Lipinski definition) is 1. The van der Waals surface area contributed by atoms with Gasteiger partial charge >= 0.3 is 5.97 Å². The number of aryl methyl sites for hydroxylation is 1. The molecule has 3 rings (SSSR count). The summed E-state index contributed by atoms with van der Waals surface area (Å²) in [6, 6.07) is 8.83. The highest BCUT2D eigenvalue weighted by Crippen LogP contribution is 2.31. The average Bonchev–Trinajstić information content (AvgIpc) is 3.30. The van der Waals surface area contributed by atoms with E-state index in [4.69, 9.17) is 21.1 Å². The molecule has 0 aromatic heterocycles. The van der Waals surface area contributed by atoms with E-state index in [0.29, 0.717) is 29.5 Å². The molecule has 0 saturated carbocycles. The summed E-state index contributed by atoms with van der Waals surface area (Å²) in [5.74, 6) is -1.00. The van der Waals surface area contributed by atoms with Crippen LogP contribution in [-0.2, 0) is 19.6 Å². The van der Waals surface area contributed by atoms with Crippen molar-refractivity contribution in [2.45, 2.75) is 24.7 Å². The summed E-state index contributed by atoms with van der Waals surface area (Å²) in [5.41, 5.74) is 1.18. The zero-order chi connectivity index (χ0) is 22.6. The Kier molecular flexibility index (Phi) is 7.19. The molecule has 8 nitrogen and oxygen atoms in total. The zero-order valence-electron chi connectivity index (χ0n) is 17.2. The van der Waals surface area contributed by atoms with Gasteiger partial charge in [-0.15, -0.1) is 0 Å². The van der Waals surface area contributed by atoms with Gasteiger partial charge in [-0.2, -0.15) is 4.31 Å². The number of methoxy groups -OCH3 is 1. The molecule has 31 heavy (non-hydrogen) atoms. The van der Waals surface area contributed by atoms with Crippen molar-refractivity contribution in [2.75, 3.05) is 32.1 Å². The Balaban J connectivity index is 1.65. The molecule has 1 heterocycles. The molecule has 0 radical (unpaired) electrons. The van der Waals surface area contributed by atoms with Crippen LogP contribution in [0.2, 0.25) is 5.02 Å². The van der Waals surface area contributed by atoms with E-state index < -0.39 is 28.5 Å². The standard InChI is InChI=1S/C21H23ClN2O6S/c1-14-10-18(19(29-2)12-17(14)22)23-20(25)13-30-21(26)15-6-5-7-16(11-15)31(27,28)24-8-3-4-9-24/h5-7,10-12H,3-4,8-9,13H2,1-2H3,(H,23,25). The maximum Gasteiger partial charge on any atom is 0.338 e. The van der Waals surface area contributed by atoms with Crippen molar-refractivity contribution < 1.29 is 27.5 Å². The molecule has 1 aliphatic heterocycles. The van der Waals surface area contributed by atoms with Gasteiger partial charge in [0.15, 0.2) is 6.61 Å². The number of rotatable bonds is 7. The van der Waals surface area contributed by atoms with E-state index in [-0.39, 0.29) is 10.5 Å². The van der Waals surface area contributed by atoms with Crippen LogP contribution in [0.4, 0.5) is 5.69 Å². The van der Waals surface area contributed by atoms with Crippen molar-refractivity contribution in [3.05, 3.63) is 52.5 Å². The first kappa shape index (κ1) is 23.1. The Morgan fingerprint density at radius 2 is 1.87 bits per heavy atom. The minimum Gasteiger partial charge on any atom is -0.495 e. The Hall–Kier alpha value is -2.62. The summed E-state index contributed by atoms with van der Waals surface area (Å²) in [6.45, 7) is 2.16. The zero-order valence-corrected chi connectivity index (χ0v) is 18.8. The van der Waals surface area contributed by atoms with Crippen LogP contribution in [0.25, 0.3) is 0 Å². The van der Waals surface area contributed by atoms with Crippen molar-refractivity contribution in [3.8, 4) is 5.75 Å². The summed E-state index contributed by atoms with van der Waals surface area (Å²) < 4.78 is 37.0. The second kappa shape index (κ2) is 9.67. The van der Waals surface area contributed by atoms with E-state index in [2.05, 4.69) is 5.32 Å². The fourth-order valence-electron chi connectivity index (χ4n) is 3.19. The molecule has 2 aromatic rings. The lowest BCUT2D eigenvalue weighted by atomic mass is 10.2. The number of carbonyl (C=O) groups is 2. The average molecular weight is 467 g/mol. The number of anilines is 1. The first-order valence-electron chi connectivity index (χ1n) is 9.63. The van der Waals surface area contributed by atoms with E-state index in [0.717, 1.165) is 18.4 Å². The van der Waals surface area contributed by atoms with E-state index >= 15 is 0 Å². The fourth-order valence-corrected chi connectivity index (χ4v) is 4.91. The Morgan fingerprint density at radius 1 is 1.16 bits per heavy atom. The number of amides is 1. The van der Waals surface area contributed by atoms with Gasteiger partial charge in [0, 0.05) is 24.2 Å².